The summed E-state index contributed by atoms with van der Waals surface area (Å²) in [5.41, 5.74) is 1.92. The van der Waals surface area contributed by atoms with Gasteiger partial charge in [-0.2, -0.15) is 8.78 Å². The van der Waals surface area contributed by atoms with Crippen molar-refractivity contribution in [1.82, 2.24) is 24.3 Å². The van der Waals surface area contributed by atoms with Gasteiger partial charge in [0.05, 0.1) is 5.69 Å². The first-order valence-corrected chi connectivity index (χ1v) is 10.1. The largest absolute Gasteiger partial charge is 0.435 e. The normalized spacial score (nSPS) is 11.4. The zero-order valence-electron chi connectivity index (χ0n) is 15.0. The highest BCUT2D eigenvalue weighted by atomic mass is 32.2. The molecule has 29 heavy (non-hydrogen) atoms. The molecule has 0 aliphatic rings. The number of aryl methyl sites for hydroxylation is 1. The van der Waals surface area contributed by atoms with E-state index in [1.807, 2.05) is 12.3 Å². The molecule has 2 N–H and O–H groups in total. The van der Waals surface area contributed by atoms with Gasteiger partial charge >= 0.3 is 6.61 Å². The number of hydrogen-bond donors (Lipinski definition) is 1. The van der Waals surface area contributed by atoms with Gasteiger partial charge in [-0.05, 0) is 31.2 Å². The van der Waals surface area contributed by atoms with E-state index in [-0.39, 0.29) is 11.3 Å². The maximum absolute atomic E-state index is 12.3. The van der Waals surface area contributed by atoms with Crippen molar-refractivity contribution in [3.8, 4) is 17.1 Å². The van der Waals surface area contributed by atoms with E-state index in [1.54, 1.807) is 16.5 Å². The number of thiazole rings is 1. The van der Waals surface area contributed by atoms with Crippen LogP contribution in [0, 0.1) is 6.92 Å². The van der Waals surface area contributed by atoms with Gasteiger partial charge in [0.25, 0.3) is 5.56 Å². The second-order valence-electron chi connectivity index (χ2n) is 5.95. The van der Waals surface area contributed by atoms with Gasteiger partial charge in [0.1, 0.15) is 5.75 Å². The second-order valence-corrected chi connectivity index (χ2v) is 7.73. The van der Waals surface area contributed by atoms with Crippen LogP contribution in [0.3, 0.4) is 0 Å². The first-order valence-electron chi connectivity index (χ1n) is 8.27. The molecule has 1 aromatic carbocycles. The predicted octanol–water partition coefficient (Wildman–Crippen LogP) is 2.93. The quantitative estimate of drug-likeness (QED) is 0.366. The van der Waals surface area contributed by atoms with Crippen molar-refractivity contribution in [2.45, 2.75) is 24.4 Å². The molecular formula is C17H14F2N6O2S2. The summed E-state index contributed by atoms with van der Waals surface area (Å²) in [7, 11) is 0. The van der Waals surface area contributed by atoms with E-state index in [0.29, 0.717) is 33.0 Å². The number of nitrogens with zero attached hydrogens (tertiary/aromatic N) is 5. The highest BCUT2D eigenvalue weighted by molar-refractivity contribution is 7.98. The predicted molar refractivity (Wildman–Crippen MR) is 106 cm³/mol. The highest BCUT2D eigenvalue weighted by Gasteiger charge is 2.14. The van der Waals surface area contributed by atoms with Crippen LogP contribution < -0.4 is 16.1 Å². The molecular weight excluding hydrogens is 422 g/mol. The number of aromatic nitrogens is 5. The SMILES string of the molecule is Cc1csc2nc(CSc3nnc(-c4ccc(OC(F)F)cc4)n3N)cc(=O)n12. The van der Waals surface area contributed by atoms with Crippen molar-refractivity contribution >= 4 is 28.1 Å². The van der Waals surface area contributed by atoms with E-state index in [9.17, 15) is 13.6 Å². The first kappa shape index (κ1) is 19.3. The van der Waals surface area contributed by atoms with Crippen molar-refractivity contribution in [3.05, 3.63) is 57.5 Å². The maximum atomic E-state index is 12.3. The van der Waals surface area contributed by atoms with E-state index in [4.69, 9.17) is 5.84 Å². The average molecular weight is 436 g/mol. The van der Waals surface area contributed by atoms with E-state index in [2.05, 4.69) is 19.9 Å². The summed E-state index contributed by atoms with van der Waals surface area (Å²) in [4.78, 5) is 17.4. The molecule has 0 spiro atoms. The van der Waals surface area contributed by atoms with Gasteiger partial charge in [0, 0.05) is 28.5 Å². The lowest BCUT2D eigenvalue weighted by Gasteiger charge is -2.06. The van der Waals surface area contributed by atoms with Gasteiger partial charge in [-0.15, -0.1) is 21.5 Å². The fourth-order valence-electron chi connectivity index (χ4n) is 2.67. The summed E-state index contributed by atoms with van der Waals surface area (Å²) in [6, 6.07) is 7.42. The minimum absolute atomic E-state index is 0.0398. The van der Waals surface area contributed by atoms with Gasteiger partial charge in [-0.25, -0.2) is 9.66 Å². The Morgan fingerprint density at radius 2 is 2.03 bits per heavy atom. The number of halogens is 2. The van der Waals surface area contributed by atoms with Crippen molar-refractivity contribution in [3.63, 3.8) is 0 Å². The van der Waals surface area contributed by atoms with E-state index in [0.717, 1.165) is 5.69 Å². The second kappa shape index (κ2) is 7.79. The van der Waals surface area contributed by atoms with Crippen LogP contribution in [0.15, 0.2) is 45.7 Å². The van der Waals surface area contributed by atoms with Crippen LogP contribution in [0.4, 0.5) is 8.78 Å². The lowest BCUT2D eigenvalue weighted by Crippen LogP contribution is -2.15. The third kappa shape index (κ3) is 3.93. The van der Waals surface area contributed by atoms with E-state index < -0.39 is 6.61 Å². The molecule has 0 atom stereocenters. The van der Waals surface area contributed by atoms with Crippen LogP contribution in [0.1, 0.15) is 11.4 Å². The van der Waals surface area contributed by atoms with Crippen molar-refractivity contribution in [2.24, 2.45) is 0 Å². The number of rotatable bonds is 6. The van der Waals surface area contributed by atoms with Crippen LogP contribution in [-0.2, 0) is 5.75 Å². The Bertz CT molecular complexity index is 1220. The van der Waals surface area contributed by atoms with Crippen LogP contribution in [-0.4, -0.2) is 30.9 Å². The number of benzene rings is 1. The number of thioether (sulfide) groups is 1. The molecule has 12 heteroatoms. The van der Waals surface area contributed by atoms with Crippen molar-refractivity contribution < 1.29 is 13.5 Å². The molecule has 0 radical (unpaired) electrons. The van der Waals surface area contributed by atoms with Crippen LogP contribution in [0.5, 0.6) is 5.75 Å². The highest BCUT2D eigenvalue weighted by Crippen LogP contribution is 2.26. The van der Waals surface area contributed by atoms with Crippen LogP contribution >= 0.6 is 23.1 Å². The van der Waals surface area contributed by atoms with Gasteiger partial charge < -0.3 is 10.6 Å². The molecule has 3 aromatic heterocycles. The summed E-state index contributed by atoms with van der Waals surface area (Å²) in [6.07, 6.45) is 0. The minimum Gasteiger partial charge on any atom is -0.435 e. The minimum atomic E-state index is -2.89. The first-order chi connectivity index (χ1) is 13.9. The summed E-state index contributed by atoms with van der Waals surface area (Å²) < 4.78 is 31.7. The Morgan fingerprint density at radius 1 is 1.28 bits per heavy atom. The molecule has 0 aliphatic heterocycles. The molecule has 3 heterocycles. The van der Waals surface area contributed by atoms with Gasteiger partial charge in [-0.3, -0.25) is 9.20 Å². The Morgan fingerprint density at radius 3 is 2.76 bits per heavy atom. The molecule has 0 fully saturated rings. The smallest absolute Gasteiger partial charge is 0.387 e. The molecule has 4 aromatic rings. The van der Waals surface area contributed by atoms with Crippen molar-refractivity contribution in [1.29, 1.82) is 0 Å². The number of nitrogen functional groups attached to an aromatic ring is 1. The number of alkyl halides is 2. The van der Waals surface area contributed by atoms with Gasteiger partial charge in [0.15, 0.2) is 10.8 Å². The number of hydrogen-bond acceptors (Lipinski definition) is 8. The van der Waals surface area contributed by atoms with Gasteiger partial charge in [0.2, 0.25) is 5.16 Å². The summed E-state index contributed by atoms with van der Waals surface area (Å²) in [6.45, 7) is -1.04. The molecule has 0 amide bonds. The monoisotopic (exact) mass is 436 g/mol. The van der Waals surface area contributed by atoms with E-state index in [1.165, 1.54) is 46.0 Å². The molecule has 150 valence electrons. The van der Waals surface area contributed by atoms with Gasteiger partial charge in [-0.1, -0.05) is 11.8 Å². The molecule has 4 rings (SSSR count). The molecule has 8 nitrogen and oxygen atoms in total. The lowest BCUT2D eigenvalue weighted by molar-refractivity contribution is -0.0498. The van der Waals surface area contributed by atoms with Crippen molar-refractivity contribution in [2.75, 3.05) is 5.84 Å². The zero-order chi connectivity index (χ0) is 20.5. The molecule has 0 aliphatic carbocycles. The number of ether oxygens (including phenoxy) is 1. The number of nitrogens with two attached hydrogens (primary N) is 1. The average Bonchev–Trinajstić information content (AvgIpc) is 3.23. The maximum Gasteiger partial charge on any atom is 0.387 e. The summed E-state index contributed by atoms with van der Waals surface area (Å²) in [5, 5.41) is 10.4. The fourth-order valence-corrected chi connectivity index (χ4v) is 4.31. The third-order valence-electron chi connectivity index (χ3n) is 3.98. The molecule has 0 saturated heterocycles. The Kier molecular flexibility index (Phi) is 5.20. The summed E-state index contributed by atoms with van der Waals surface area (Å²) >= 11 is 2.69. The Balaban J connectivity index is 1.51. The lowest BCUT2D eigenvalue weighted by atomic mass is 10.2. The fraction of sp³-hybridized carbons (Fsp3) is 0.176. The standard InChI is InChI=1S/C17H14F2N6O2S2/c1-9-7-28-16-21-11(6-13(26)24(9)16)8-29-17-23-22-14(25(17)20)10-2-4-12(5-3-10)27-15(18)19/h2-7,15H,8,20H2,1H3. The van der Waals surface area contributed by atoms with Crippen LogP contribution in [0.25, 0.3) is 16.3 Å². The summed E-state index contributed by atoms with van der Waals surface area (Å²) in [5.74, 6) is 6.87. The Hall–Kier alpha value is -2.99. The molecule has 0 bridgehead atoms. The topological polar surface area (TPSA) is 100 Å². The van der Waals surface area contributed by atoms with E-state index >= 15 is 0 Å². The molecule has 0 unspecified atom stereocenters. The number of fused-ring (bicyclic) bond motifs is 1. The van der Waals surface area contributed by atoms with Crippen LogP contribution in [0.2, 0.25) is 0 Å². The third-order valence-corrected chi connectivity index (χ3v) is 5.90. The zero-order valence-corrected chi connectivity index (χ0v) is 16.6. The molecule has 0 saturated carbocycles. The Labute approximate surface area is 170 Å².